The molecule has 2 aliphatic rings. The van der Waals surface area contributed by atoms with Crippen LogP contribution in [-0.2, 0) is 23.7 Å². The van der Waals surface area contributed by atoms with Crippen molar-refractivity contribution in [2.45, 2.75) is 434 Å². The third-order valence-electron chi connectivity index (χ3n) is 19.0. The van der Waals surface area contributed by atoms with Gasteiger partial charge in [-0.25, -0.2) is 0 Å². The van der Waals surface area contributed by atoms with Crippen LogP contribution in [0.15, 0.2) is 12.2 Å². The van der Waals surface area contributed by atoms with Gasteiger partial charge in [0.05, 0.1) is 32.0 Å². The standard InChI is InChI=1S/C74H143NO13/c1-3-5-7-9-11-13-15-17-19-21-23-25-27-29-31-32-33-35-37-39-41-43-45-47-49-51-53-55-57-63(78)62(61-85-73-71(84)69(82)72(65(60-77)87-73)88-74-70(83)68(81)67(80)64(59-76)86-74)75-66(79)58-56-54-52-50-48-46-44-42-40-38-36-34-30-28-26-24-22-20-18-16-14-12-10-8-6-4-2/h55,57,62-65,67-74,76-78,80-84H,3-54,56,58-61H2,1-2H3,(H,75,79)/b57-55+. The largest absolute Gasteiger partial charge is 0.394 e. The maximum absolute atomic E-state index is 13.4. The lowest BCUT2D eigenvalue weighted by atomic mass is 9.97. The average Bonchev–Trinajstić information content (AvgIpc) is 2.54. The van der Waals surface area contributed by atoms with E-state index >= 15 is 0 Å². The third-order valence-corrected chi connectivity index (χ3v) is 19.0. The van der Waals surface area contributed by atoms with E-state index in [2.05, 4.69) is 19.2 Å². The van der Waals surface area contributed by atoms with Crippen molar-refractivity contribution in [2.75, 3.05) is 19.8 Å². The molecule has 14 heteroatoms. The summed E-state index contributed by atoms with van der Waals surface area (Å²) in [6, 6.07) is -0.912. The average molecular weight is 1250 g/mol. The quantitative estimate of drug-likeness (QED) is 0.0204. The van der Waals surface area contributed by atoms with Gasteiger partial charge in [0, 0.05) is 6.42 Å². The summed E-state index contributed by atoms with van der Waals surface area (Å²) in [5, 5.41) is 87.6. The van der Waals surface area contributed by atoms with Gasteiger partial charge in [-0.3, -0.25) is 4.79 Å². The third kappa shape index (κ3) is 42.9. The molecule has 0 aliphatic carbocycles. The van der Waals surface area contributed by atoms with Crippen LogP contribution < -0.4 is 5.32 Å². The van der Waals surface area contributed by atoms with Crippen molar-refractivity contribution in [1.29, 1.82) is 0 Å². The van der Waals surface area contributed by atoms with Crippen LogP contribution in [0, 0.1) is 0 Å². The maximum Gasteiger partial charge on any atom is 0.220 e. The predicted molar refractivity (Wildman–Crippen MR) is 360 cm³/mol. The van der Waals surface area contributed by atoms with Crippen molar-refractivity contribution in [3.05, 3.63) is 12.2 Å². The normalized spacial score (nSPS) is 23.1. The molecule has 12 unspecified atom stereocenters. The highest BCUT2D eigenvalue weighted by atomic mass is 16.7. The minimum atomic E-state index is -1.79. The van der Waals surface area contributed by atoms with E-state index in [0.717, 1.165) is 44.9 Å². The van der Waals surface area contributed by atoms with Gasteiger partial charge >= 0.3 is 0 Å². The molecule has 0 saturated carbocycles. The fraction of sp³-hybridized carbons (Fsp3) is 0.959. The summed E-state index contributed by atoms with van der Waals surface area (Å²) in [6.07, 6.45) is 57.1. The highest BCUT2D eigenvalue weighted by Gasteiger charge is 2.51. The molecule has 0 radical (unpaired) electrons. The molecule has 12 atom stereocenters. The van der Waals surface area contributed by atoms with E-state index in [9.17, 15) is 45.6 Å². The number of ether oxygens (including phenoxy) is 4. The van der Waals surface area contributed by atoms with E-state index in [1.807, 2.05) is 6.08 Å². The second kappa shape index (κ2) is 59.5. The smallest absolute Gasteiger partial charge is 0.220 e. The molecule has 9 N–H and O–H groups in total. The first-order valence-electron chi connectivity index (χ1n) is 37.9. The molecule has 2 rings (SSSR count). The van der Waals surface area contributed by atoms with Crippen LogP contribution in [-0.4, -0.2) is 140 Å². The summed E-state index contributed by atoms with van der Waals surface area (Å²) in [5.41, 5.74) is 0. The number of nitrogens with one attached hydrogen (secondary N) is 1. The monoisotopic (exact) mass is 1250 g/mol. The molecular weight excluding hydrogens is 1110 g/mol. The van der Waals surface area contributed by atoms with E-state index in [0.29, 0.717) is 0 Å². The number of hydrogen-bond donors (Lipinski definition) is 9. The Hall–Kier alpha value is -1.27. The fourth-order valence-corrected chi connectivity index (χ4v) is 12.9. The fourth-order valence-electron chi connectivity index (χ4n) is 12.9. The van der Waals surface area contributed by atoms with Crippen LogP contribution in [0.1, 0.15) is 361 Å². The molecule has 1 amide bonds. The van der Waals surface area contributed by atoms with Crippen molar-refractivity contribution < 1.29 is 64.6 Å². The van der Waals surface area contributed by atoms with E-state index < -0.39 is 86.8 Å². The van der Waals surface area contributed by atoms with Gasteiger partial charge in [-0.1, -0.05) is 347 Å². The molecule has 14 nitrogen and oxygen atoms in total. The Balaban J connectivity index is 1.65. The molecule has 2 saturated heterocycles. The summed E-state index contributed by atoms with van der Waals surface area (Å²) in [7, 11) is 0. The summed E-state index contributed by atoms with van der Waals surface area (Å²) >= 11 is 0. The van der Waals surface area contributed by atoms with Crippen molar-refractivity contribution in [1.82, 2.24) is 5.32 Å². The van der Waals surface area contributed by atoms with Gasteiger partial charge in [-0.05, 0) is 19.3 Å². The van der Waals surface area contributed by atoms with Gasteiger partial charge in [-0.15, -0.1) is 0 Å². The van der Waals surface area contributed by atoms with Crippen LogP contribution in [0.5, 0.6) is 0 Å². The molecule has 2 fully saturated rings. The number of hydrogen-bond acceptors (Lipinski definition) is 13. The van der Waals surface area contributed by atoms with E-state index in [4.69, 9.17) is 18.9 Å². The Morgan fingerprint density at radius 1 is 0.398 bits per heavy atom. The number of carbonyl (C=O) groups is 1. The second-order valence-electron chi connectivity index (χ2n) is 27.1. The van der Waals surface area contributed by atoms with Crippen molar-refractivity contribution in [2.24, 2.45) is 0 Å². The number of carbonyl (C=O) groups excluding carboxylic acids is 1. The molecule has 88 heavy (non-hydrogen) atoms. The van der Waals surface area contributed by atoms with Crippen molar-refractivity contribution >= 4 is 5.91 Å². The number of rotatable bonds is 64. The topological polar surface area (TPSA) is 228 Å². The van der Waals surface area contributed by atoms with Gasteiger partial charge in [-0.2, -0.15) is 0 Å². The van der Waals surface area contributed by atoms with Gasteiger partial charge in [0.1, 0.15) is 48.8 Å². The maximum atomic E-state index is 13.4. The molecule has 2 heterocycles. The number of unbranched alkanes of at least 4 members (excludes halogenated alkanes) is 51. The molecule has 0 aromatic heterocycles. The Kier molecular flexibility index (Phi) is 56.0. The first-order chi connectivity index (χ1) is 43.1. The van der Waals surface area contributed by atoms with Crippen LogP contribution in [0.4, 0.5) is 0 Å². The Bertz CT molecular complexity index is 1520. The molecule has 522 valence electrons. The molecule has 0 aromatic carbocycles. The SMILES string of the molecule is CCCCCCCCCCCCCCCCCCCCCCCCCCCC/C=C/C(O)C(COC1OC(CO)C(OC2OC(CO)C(O)C(O)C2O)C(O)C1O)NC(=O)CCCCCCCCCCCCCCCCCCCCCCCCCCCC. The zero-order valence-electron chi connectivity index (χ0n) is 57.0. The van der Waals surface area contributed by atoms with Gasteiger partial charge in [0.15, 0.2) is 12.6 Å². The van der Waals surface area contributed by atoms with Crippen molar-refractivity contribution in [3.63, 3.8) is 0 Å². The Labute approximate surface area is 539 Å². The molecule has 0 aromatic rings. The highest BCUT2D eigenvalue weighted by molar-refractivity contribution is 5.76. The lowest BCUT2D eigenvalue weighted by Crippen LogP contribution is -2.65. The number of aliphatic hydroxyl groups is 8. The summed E-state index contributed by atoms with van der Waals surface area (Å²) < 4.78 is 22.9. The first-order valence-corrected chi connectivity index (χ1v) is 37.9. The van der Waals surface area contributed by atoms with E-state index in [1.54, 1.807) is 6.08 Å². The lowest BCUT2D eigenvalue weighted by Gasteiger charge is -2.46. The van der Waals surface area contributed by atoms with E-state index in [-0.39, 0.29) is 18.9 Å². The summed E-state index contributed by atoms with van der Waals surface area (Å²) in [6.45, 7) is 2.87. The molecule has 2 aliphatic heterocycles. The Morgan fingerprint density at radius 3 is 1.05 bits per heavy atom. The minimum Gasteiger partial charge on any atom is -0.394 e. The van der Waals surface area contributed by atoms with E-state index in [1.165, 1.54) is 295 Å². The zero-order chi connectivity index (χ0) is 63.8. The van der Waals surface area contributed by atoms with Gasteiger partial charge < -0.3 is 65.1 Å². The zero-order valence-corrected chi connectivity index (χ0v) is 57.0. The number of allylic oxidation sites excluding steroid dienone is 1. The number of amides is 1. The van der Waals surface area contributed by atoms with Gasteiger partial charge in [0.2, 0.25) is 5.91 Å². The lowest BCUT2D eigenvalue weighted by molar-refractivity contribution is -0.359. The van der Waals surface area contributed by atoms with Crippen LogP contribution in [0.3, 0.4) is 0 Å². The van der Waals surface area contributed by atoms with Crippen LogP contribution in [0.25, 0.3) is 0 Å². The minimum absolute atomic E-state index is 0.229. The Morgan fingerprint density at radius 2 is 0.705 bits per heavy atom. The van der Waals surface area contributed by atoms with Crippen molar-refractivity contribution in [3.8, 4) is 0 Å². The van der Waals surface area contributed by atoms with Crippen LogP contribution >= 0.6 is 0 Å². The van der Waals surface area contributed by atoms with Crippen LogP contribution in [0.2, 0.25) is 0 Å². The summed E-state index contributed by atoms with van der Waals surface area (Å²) in [5.74, 6) is -0.229. The molecule has 0 bridgehead atoms. The number of aliphatic hydroxyl groups excluding tert-OH is 8. The molecule has 0 spiro atoms. The highest BCUT2D eigenvalue weighted by Crippen LogP contribution is 2.30. The first kappa shape index (κ1) is 82.8. The summed E-state index contributed by atoms with van der Waals surface area (Å²) in [4.78, 5) is 13.4. The predicted octanol–water partition coefficient (Wildman–Crippen LogP) is 16.1. The van der Waals surface area contributed by atoms with Gasteiger partial charge in [0.25, 0.3) is 0 Å². The second-order valence-corrected chi connectivity index (χ2v) is 27.1. The molecular formula is C74H143NO13.